The molecule has 1 N–H and O–H groups in total. The maximum Gasteiger partial charge on any atom is 0.272 e. The highest BCUT2D eigenvalue weighted by molar-refractivity contribution is 9.10. The molecular weight excluding hydrogens is 392 g/mol. The number of nitrogens with one attached hydrogen (secondary N) is 1. The smallest absolute Gasteiger partial charge is 0.272 e. The molecule has 0 saturated carbocycles. The molecule has 1 aromatic heterocycles. The van der Waals surface area contributed by atoms with E-state index in [1.165, 1.54) is 6.20 Å². The number of anilines is 1. The minimum absolute atomic E-state index is 0.146. The van der Waals surface area contributed by atoms with Crippen molar-refractivity contribution in [3.05, 3.63) is 51.2 Å². The Kier molecular flexibility index (Phi) is 5.36. The van der Waals surface area contributed by atoms with E-state index in [-0.39, 0.29) is 22.7 Å². The Morgan fingerprint density at radius 1 is 1.29 bits per heavy atom. The number of nitrogens with zero attached hydrogens (tertiary/aromatic N) is 3. The van der Waals surface area contributed by atoms with Gasteiger partial charge in [0, 0.05) is 17.6 Å². The molecule has 0 bridgehead atoms. The Morgan fingerprint density at radius 2 is 1.96 bits per heavy atom. The zero-order chi connectivity index (χ0) is 17.1. The predicted octanol–water partition coefficient (Wildman–Crippen LogP) is 3.98. The van der Waals surface area contributed by atoms with Crippen LogP contribution < -0.4 is 10.2 Å². The Labute approximate surface area is 154 Å². The molecule has 5 nitrogen and oxygen atoms in total. The number of hydrogen-bond acceptors (Lipinski definition) is 4. The van der Waals surface area contributed by atoms with Crippen LogP contribution in [0, 0.1) is 0 Å². The van der Waals surface area contributed by atoms with Gasteiger partial charge in [0.05, 0.1) is 17.3 Å². The van der Waals surface area contributed by atoms with Gasteiger partial charge in [-0.05, 0) is 37.5 Å². The van der Waals surface area contributed by atoms with Crippen LogP contribution in [0.1, 0.15) is 41.9 Å². The lowest BCUT2D eigenvalue weighted by atomic mass is 10.1. The quantitative estimate of drug-likeness (QED) is 0.830. The van der Waals surface area contributed by atoms with E-state index in [9.17, 15) is 4.79 Å². The lowest BCUT2D eigenvalue weighted by Gasteiger charge is -2.17. The fourth-order valence-electron chi connectivity index (χ4n) is 2.69. The van der Waals surface area contributed by atoms with Gasteiger partial charge in [-0.2, -0.15) is 0 Å². The zero-order valence-corrected chi connectivity index (χ0v) is 15.6. The monoisotopic (exact) mass is 408 g/mol. The fourth-order valence-corrected chi connectivity index (χ4v) is 3.13. The van der Waals surface area contributed by atoms with Gasteiger partial charge >= 0.3 is 0 Å². The van der Waals surface area contributed by atoms with Gasteiger partial charge in [0.25, 0.3) is 5.91 Å². The topological polar surface area (TPSA) is 58.1 Å². The molecule has 0 radical (unpaired) electrons. The third-order valence-electron chi connectivity index (χ3n) is 4.05. The van der Waals surface area contributed by atoms with E-state index in [0.717, 1.165) is 36.0 Å². The van der Waals surface area contributed by atoms with Gasteiger partial charge in [-0.25, -0.2) is 9.97 Å². The first-order valence-electron chi connectivity index (χ1n) is 7.88. The van der Waals surface area contributed by atoms with Crippen LogP contribution in [0.25, 0.3) is 0 Å². The number of carbonyl (C=O) groups is 1. The molecule has 1 aromatic carbocycles. The second-order valence-corrected chi connectivity index (χ2v) is 7.13. The number of rotatable bonds is 4. The van der Waals surface area contributed by atoms with E-state index < -0.39 is 0 Å². The second kappa shape index (κ2) is 7.49. The van der Waals surface area contributed by atoms with E-state index in [1.54, 1.807) is 0 Å². The van der Waals surface area contributed by atoms with Gasteiger partial charge < -0.3 is 10.2 Å². The van der Waals surface area contributed by atoms with E-state index >= 15 is 0 Å². The third-order valence-corrected chi connectivity index (χ3v) is 4.86. The van der Waals surface area contributed by atoms with Crippen LogP contribution in [0.15, 0.2) is 34.9 Å². The van der Waals surface area contributed by atoms with Crippen LogP contribution in [-0.4, -0.2) is 29.0 Å². The van der Waals surface area contributed by atoms with Gasteiger partial charge in [0.1, 0.15) is 0 Å². The average molecular weight is 410 g/mol. The summed E-state index contributed by atoms with van der Waals surface area (Å²) in [6, 6.07) is 7.67. The molecule has 1 fully saturated rings. The van der Waals surface area contributed by atoms with Crippen molar-refractivity contribution < 1.29 is 4.79 Å². The molecule has 24 heavy (non-hydrogen) atoms. The molecule has 7 heteroatoms. The van der Waals surface area contributed by atoms with Crippen LogP contribution in [0.5, 0.6) is 0 Å². The van der Waals surface area contributed by atoms with Crippen LogP contribution in [0.3, 0.4) is 0 Å². The van der Waals surface area contributed by atoms with E-state index in [4.69, 9.17) is 11.6 Å². The summed E-state index contributed by atoms with van der Waals surface area (Å²) in [5, 5.41) is 3.21. The van der Waals surface area contributed by atoms with Crippen LogP contribution >= 0.6 is 27.5 Å². The standard InChI is InChI=1S/C17H18BrClN4O/c1-11(12-4-6-13(18)7-5-12)21-16(24)15-14(19)10-20-17(22-15)23-8-2-3-9-23/h4-7,10-11H,2-3,8-9H2,1H3,(H,21,24). The summed E-state index contributed by atoms with van der Waals surface area (Å²) >= 11 is 9.54. The number of hydrogen-bond donors (Lipinski definition) is 1. The Balaban J connectivity index is 1.76. The highest BCUT2D eigenvalue weighted by Gasteiger charge is 2.20. The van der Waals surface area contributed by atoms with Gasteiger partial charge in [-0.15, -0.1) is 0 Å². The molecule has 2 heterocycles. The first-order chi connectivity index (χ1) is 11.5. The SMILES string of the molecule is CC(NC(=O)c1nc(N2CCCC2)ncc1Cl)c1ccc(Br)cc1. The zero-order valence-electron chi connectivity index (χ0n) is 13.3. The predicted molar refractivity (Wildman–Crippen MR) is 98.5 cm³/mol. The molecule has 1 amide bonds. The Hall–Kier alpha value is -1.66. The fraction of sp³-hybridized carbons (Fsp3) is 0.353. The van der Waals surface area contributed by atoms with Crippen molar-refractivity contribution in [2.45, 2.75) is 25.8 Å². The molecule has 1 aliphatic heterocycles. The number of carbonyl (C=O) groups excluding carboxylic acids is 1. The highest BCUT2D eigenvalue weighted by Crippen LogP contribution is 2.21. The van der Waals surface area contributed by atoms with Gasteiger partial charge in [0.15, 0.2) is 5.69 Å². The van der Waals surface area contributed by atoms with Crippen LogP contribution in [0.4, 0.5) is 5.95 Å². The summed E-state index contributed by atoms with van der Waals surface area (Å²) in [6.07, 6.45) is 3.74. The van der Waals surface area contributed by atoms with Crippen molar-refractivity contribution in [1.29, 1.82) is 0 Å². The molecule has 1 saturated heterocycles. The van der Waals surface area contributed by atoms with E-state index in [2.05, 4.69) is 36.1 Å². The first-order valence-corrected chi connectivity index (χ1v) is 9.05. The molecule has 1 unspecified atom stereocenters. The second-order valence-electron chi connectivity index (χ2n) is 5.81. The normalized spacial score (nSPS) is 15.4. The van der Waals surface area contributed by atoms with E-state index in [1.807, 2.05) is 31.2 Å². The number of amides is 1. The van der Waals surface area contributed by atoms with E-state index in [0.29, 0.717) is 5.95 Å². The first kappa shape index (κ1) is 17.2. The lowest BCUT2D eigenvalue weighted by molar-refractivity contribution is 0.0935. The van der Waals surface area contributed by atoms with Crippen molar-refractivity contribution in [2.75, 3.05) is 18.0 Å². The molecule has 1 aliphatic rings. The molecule has 126 valence electrons. The summed E-state index contributed by atoms with van der Waals surface area (Å²) in [5.74, 6) is 0.275. The summed E-state index contributed by atoms with van der Waals surface area (Å²) in [5.41, 5.74) is 1.23. The van der Waals surface area contributed by atoms with Crippen molar-refractivity contribution in [3.63, 3.8) is 0 Å². The van der Waals surface area contributed by atoms with Gasteiger partial charge in [0.2, 0.25) is 5.95 Å². The number of aromatic nitrogens is 2. The largest absolute Gasteiger partial charge is 0.344 e. The third kappa shape index (κ3) is 3.87. The molecule has 0 aliphatic carbocycles. The maximum atomic E-state index is 12.6. The number of benzene rings is 1. The van der Waals surface area contributed by atoms with Crippen molar-refractivity contribution in [2.24, 2.45) is 0 Å². The molecular formula is C17H18BrClN4O. The summed E-state index contributed by atoms with van der Waals surface area (Å²) in [4.78, 5) is 23.3. The summed E-state index contributed by atoms with van der Waals surface area (Å²) in [7, 11) is 0. The van der Waals surface area contributed by atoms with Crippen LogP contribution in [0.2, 0.25) is 5.02 Å². The lowest BCUT2D eigenvalue weighted by Crippen LogP contribution is -2.29. The maximum absolute atomic E-state index is 12.6. The summed E-state index contributed by atoms with van der Waals surface area (Å²) in [6.45, 7) is 3.76. The number of halogens is 2. The molecule has 2 aromatic rings. The highest BCUT2D eigenvalue weighted by atomic mass is 79.9. The summed E-state index contributed by atoms with van der Waals surface area (Å²) < 4.78 is 0.999. The molecule has 1 atom stereocenters. The minimum atomic E-state index is -0.293. The Morgan fingerprint density at radius 3 is 2.62 bits per heavy atom. The van der Waals surface area contributed by atoms with Gasteiger partial charge in [-0.1, -0.05) is 39.7 Å². The van der Waals surface area contributed by atoms with Gasteiger partial charge in [-0.3, -0.25) is 4.79 Å². The van der Waals surface area contributed by atoms with Crippen molar-refractivity contribution in [1.82, 2.24) is 15.3 Å². The Bertz CT molecular complexity index is 732. The van der Waals surface area contributed by atoms with Crippen LogP contribution in [-0.2, 0) is 0 Å². The van der Waals surface area contributed by atoms with Crippen molar-refractivity contribution in [3.8, 4) is 0 Å². The molecule has 0 spiro atoms. The average Bonchev–Trinajstić information content (AvgIpc) is 3.10. The molecule has 3 rings (SSSR count). The van der Waals surface area contributed by atoms with Crippen molar-refractivity contribution >= 4 is 39.4 Å². The minimum Gasteiger partial charge on any atom is -0.344 e.